The predicted molar refractivity (Wildman–Crippen MR) is 125 cm³/mol. The lowest BCUT2D eigenvalue weighted by atomic mass is 9.97. The van der Waals surface area contributed by atoms with Gasteiger partial charge < -0.3 is 9.80 Å². The average Bonchev–Trinajstić information content (AvgIpc) is 3.50. The van der Waals surface area contributed by atoms with E-state index < -0.39 is 18.5 Å². The number of anilines is 1. The van der Waals surface area contributed by atoms with Gasteiger partial charge in [-0.1, -0.05) is 36.9 Å². The normalized spacial score (nSPS) is 16.5. The zero-order valence-electron chi connectivity index (χ0n) is 18.6. The smallest absolute Gasteiger partial charge is 0.320 e. The van der Waals surface area contributed by atoms with Gasteiger partial charge in [-0.05, 0) is 43.5 Å². The number of allylic oxidation sites excluding steroid dienone is 2. The Labute approximate surface area is 191 Å². The van der Waals surface area contributed by atoms with Crippen LogP contribution in [0.15, 0.2) is 66.3 Å². The van der Waals surface area contributed by atoms with Crippen molar-refractivity contribution >= 4 is 29.0 Å². The van der Waals surface area contributed by atoms with E-state index in [2.05, 4.69) is 16.5 Å². The largest absolute Gasteiger partial charge is 0.331 e. The number of hydrogen-bond donors (Lipinski definition) is 0. The number of nitrogens with zero attached hydrogens (tertiary/aromatic N) is 3. The minimum absolute atomic E-state index is 0.0466. The molecular formula is C26H25F2N3O2. The zero-order valence-corrected chi connectivity index (χ0v) is 18.6. The third-order valence-electron chi connectivity index (χ3n) is 6.32. The van der Waals surface area contributed by atoms with Crippen LogP contribution < -0.4 is 4.90 Å². The van der Waals surface area contributed by atoms with Gasteiger partial charge in [0.1, 0.15) is 18.2 Å². The molecule has 5 nitrogen and oxygen atoms in total. The third kappa shape index (κ3) is 4.35. The number of likely N-dealkylation sites (N-methyl/N-ethyl adjacent to an activating group) is 1. The highest BCUT2D eigenvalue weighted by Gasteiger charge is 2.52. The molecule has 0 N–H and O–H groups in total. The highest BCUT2D eigenvalue weighted by atomic mass is 19.1. The van der Waals surface area contributed by atoms with E-state index in [1.807, 2.05) is 13.0 Å². The topological polar surface area (TPSA) is 53.0 Å². The summed E-state index contributed by atoms with van der Waals surface area (Å²) in [6.07, 6.45) is 5.26. The highest BCUT2D eigenvalue weighted by molar-refractivity contribution is 6.02. The molecule has 2 aromatic carbocycles. The maximum atomic E-state index is 14.2. The van der Waals surface area contributed by atoms with E-state index in [9.17, 15) is 18.4 Å². The molecule has 170 valence electrons. The van der Waals surface area contributed by atoms with Gasteiger partial charge in [0.25, 0.3) is 5.91 Å². The lowest BCUT2D eigenvalue weighted by Gasteiger charge is -2.20. The summed E-state index contributed by atoms with van der Waals surface area (Å²) in [5.41, 5.74) is 3.43. The molecule has 1 saturated carbocycles. The van der Waals surface area contributed by atoms with E-state index in [4.69, 9.17) is 0 Å². The van der Waals surface area contributed by atoms with E-state index in [0.29, 0.717) is 22.5 Å². The molecule has 33 heavy (non-hydrogen) atoms. The van der Waals surface area contributed by atoms with Crippen molar-refractivity contribution in [3.8, 4) is 0 Å². The summed E-state index contributed by atoms with van der Waals surface area (Å²) < 4.78 is 27.0. The number of benzene rings is 2. The fourth-order valence-corrected chi connectivity index (χ4v) is 4.32. The fourth-order valence-electron chi connectivity index (χ4n) is 4.32. The number of halogens is 2. The van der Waals surface area contributed by atoms with Gasteiger partial charge >= 0.3 is 6.04 Å². The molecule has 0 unspecified atom stereocenters. The maximum absolute atomic E-state index is 14.2. The predicted octanol–water partition coefficient (Wildman–Crippen LogP) is 4.89. The molecular weight excluding hydrogens is 424 g/mol. The van der Waals surface area contributed by atoms with Crippen LogP contribution in [0.5, 0.6) is 0 Å². The number of aliphatic imine (C=N–C) groups is 1. The molecule has 0 saturated heterocycles. The van der Waals surface area contributed by atoms with Crippen molar-refractivity contribution in [1.29, 1.82) is 0 Å². The second-order valence-corrected chi connectivity index (χ2v) is 8.56. The van der Waals surface area contributed by atoms with E-state index in [-0.39, 0.29) is 11.2 Å². The Morgan fingerprint density at radius 2 is 1.97 bits per heavy atom. The summed E-state index contributed by atoms with van der Waals surface area (Å²) in [5.74, 6) is -0.0740. The molecule has 4 rings (SSSR count). The first-order chi connectivity index (χ1) is 15.8. The average molecular weight is 450 g/mol. The van der Waals surface area contributed by atoms with Crippen LogP contribution in [0.3, 0.4) is 0 Å². The first-order valence-corrected chi connectivity index (χ1v) is 10.7. The molecule has 1 aliphatic heterocycles. The Kier molecular flexibility index (Phi) is 5.97. The summed E-state index contributed by atoms with van der Waals surface area (Å²) in [6, 6.07) is 10.3. The summed E-state index contributed by atoms with van der Waals surface area (Å²) in [6.45, 7) is 5.80. The van der Waals surface area contributed by atoms with E-state index in [1.54, 1.807) is 42.6 Å². The van der Waals surface area contributed by atoms with Crippen LogP contribution in [0.2, 0.25) is 0 Å². The molecule has 0 bridgehead atoms. The number of carbonyl (C=O) groups excluding carboxylic acids is 2. The third-order valence-corrected chi connectivity index (χ3v) is 6.32. The van der Waals surface area contributed by atoms with Gasteiger partial charge in [0.05, 0.1) is 0 Å². The van der Waals surface area contributed by atoms with Crippen molar-refractivity contribution in [3.63, 3.8) is 0 Å². The van der Waals surface area contributed by atoms with Crippen LogP contribution >= 0.6 is 0 Å². The molecule has 1 aliphatic carbocycles. The Morgan fingerprint density at radius 3 is 2.61 bits per heavy atom. The van der Waals surface area contributed by atoms with Gasteiger partial charge in [0.15, 0.2) is 0 Å². The standard InChI is InChI=1S/C26H25F2N3O2/c1-4-18(20-7-5-6-8-22(20)27)14-29-17(2)31-16-26(11-12-26)21-10-9-19(13-23(21)31)25(33)30(3)15-24(28)32/h4-10,13-14H,1,11-12,15-16H2,2-3H3/b18-14+,29-17?. The van der Waals surface area contributed by atoms with Crippen LogP contribution in [-0.2, 0) is 10.2 Å². The second-order valence-electron chi connectivity index (χ2n) is 8.56. The van der Waals surface area contributed by atoms with Crippen LogP contribution in [0.4, 0.5) is 14.5 Å². The van der Waals surface area contributed by atoms with Crippen LogP contribution in [0, 0.1) is 5.82 Å². The number of amidine groups is 1. The molecule has 2 aliphatic rings. The van der Waals surface area contributed by atoms with Gasteiger partial charge in [0.2, 0.25) is 0 Å². The Bertz CT molecular complexity index is 1200. The van der Waals surface area contributed by atoms with Crippen molar-refractivity contribution in [3.05, 3.63) is 83.8 Å². The zero-order chi connectivity index (χ0) is 23.8. The van der Waals surface area contributed by atoms with Gasteiger partial charge in [-0.15, -0.1) is 0 Å². The summed E-state index contributed by atoms with van der Waals surface area (Å²) in [4.78, 5) is 31.1. The Balaban J connectivity index is 1.66. The Hall–Kier alpha value is -3.61. The van der Waals surface area contributed by atoms with E-state index in [0.717, 1.165) is 35.5 Å². The lowest BCUT2D eigenvalue weighted by Crippen LogP contribution is -2.31. The molecule has 1 heterocycles. The van der Waals surface area contributed by atoms with Crippen molar-refractivity contribution < 1.29 is 18.4 Å². The van der Waals surface area contributed by atoms with Crippen molar-refractivity contribution in [2.45, 2.75) is 25.2 Å². The summed E-state index contributed by atoms with van der Waals surface area (Å²) >= 11 is 0. The SMILES string of the molecule is C=C/C(=C\N=C(C)N1CC2(CC2)c2ccc(C(=O)N(C)CC(=O)F)cc21)c1ccccc1F. The molecule has 1 fully saturated rings. The molecule has 7 heteroatoms. The minimum Gasteiger partial charge on any atom is -0.331 e. The molecule has 0 aromatic heterocycles. The first-order valence-electron chi connectivity index (χ1n) is 10.7. The van der Waals surface area contributed by atoms with Crippen molar-refractivity contribution in [2.24, 2.45) is 4.99 Å². The van der Waals surface area contributed by atoms with Crippen molar-refractivity contribution in [2.75, 3.05) is 25.0 Å². The van der Waals surface area contributed by atoms with Crippen molar-refractivity contribution in [1.82, 2.24) is 4.90 Å². The molecule has 0 radical (unpaired) electrons. The Morgan fingerprint density at radius 1 is 1.24 bits per heavy atom. The van der Waals surface area contributed by atoms with Crippen LogP contribution in [0.25, 0.3) is 5.57 Å². The molecule has 2 aromatic rings. The summed E-state index contributed by atoms with van der Waals surface area (Å²) in [5, 5.41) is 0. The molecule has 0 atom stereocenters. The molecule has 1 amide bonds. The number of rotatable bonds is 6. The second kappa shape index (κ2) is 8.73. The van der Waals surface area contributed by atoms with Gasteiger partial charge in [-0.2, -0.15) is 4.39 Å². The number of carbonyl (C=O) groups is 2. The van der Waals surface area contributed by atoms with Gasteiger partial charge in [-0.25, -0.2) is 9.38 Å². The van der Waals surface area contributed by atoms with Crippen LogP contribution in [-0.4, -0.2) is 42.8 Å². The number of fused-ring (bicyclic) bond motifs is 2. The van der Waals surface area contributed by atoms with E-state index >= 15 is 0 Å². The molecule has 1 spiro atoms. The quantitative estimate of drug-likeness (QED) is 0.273. The first kappa shape index (κ1) is 22.6. The lowest BCUT2D eigenvalue weighted by molar-refractivity contribution is -0.129. The van der Waals surface area contributed by atoms with E-state index in [1.165, 1.54) is 13.1 Å². The maximum Gasteiger partial charge on any atom is 0.320 e. The fraction of sp³-hybridized carbons (Fsp3) is 0.269. The van der Waals surface area contributed by atoms with Gasteiger partial charge in [0, 0.05) is 47.6 Å². The number of hydrogen-bond acceptors (Lipinski definition) is 3. The van der Waals surface area contributed by atoms with Gasteiger partial charge in [-0.3, -0.25) is 9.59 Å². The number of amides is 1. The minimum atomic E-state index is -1.56. The van der Waals surface area contributed by atoms with Crippen LogP contribution in [0.1, 0.15) is 41.3 Å². The summed E-state index contributed by atoms with van der Waals surface area (Å²) in [7, 11) is 1.39. The monoisotopic (exact) mass is 449 g/mol. The highest BCUT2D eigenvalue weighted by Crippen LogP contribution is 2.56.